The molecule has 1 heterocycles. The summed E-state index contributed by atoms with van der Waals surface area (Å²) in [6.45, 7) is 3.13. The summed E-state index contributed by atoms with van der Waals surface area (Å²) < 4.78 is -0.334. The number of thiol groups is 2. The van der Waals surface area contributed by atoms with Gasteiger partial charge in [0.15, 0.2) is 0 Å². The lowest BCUT2D eigenvalue weighted by molar-refractivity contribution is 0.247. The first-order valence-electron chi connectivity index (χ1n) is 6.92. The molecular weight excluding hydrogens is 272 g/mol. The molecule has 0 aromatic heterocycles. The molecule has 0 saturated carbocycles. The topological polar surface area (TPSA) is 15.3 Å². The molecule has 19 heavy (non-hydrogen) atoms. The van der Waals surface area contributed by atoms with Crippen LogP contribution in [-0.2, 0) is 0 Å². The van der Waals surface area contributed by atoms with Crippen LogP contribution < -0.4 is 5.32 Å². The maximum Gasteiger partial charge on any atom is 0.0791 e. The molecule has 0 spiro atoms. The van der Waals surface area contributed by atoms with E-state index in [-0.39, 0.29) is 4.08 Å². The van der Waals surface area contributed by atoms with Crippen molar-refractivity contribution in [2.75, 3.05) is 26.0 Å². The Kier molecular flexibility index (Phi) is 4.75. The van der Waals surface area contributed by atoms with Gasteiger partial charge in [0.2, 0.25) is 0 Å². The van der Waals surface area contributed by atoms with E-state index in [0.29, 0.717) is 12.0 Å². The smallest absolute Gasteiger partial charge is 0.0791 e. The van der Waals surface area contributed by atoms with Crippen LogP contribution in [0.4, 0.5) is 5.69 Å². The Morgan fingerprint density at radius 1 is 1.37 bits per heavy atom. The minimum absolute atomic E-state index is 0.328. The fourth-order valence-electron chi connectivity index (χ4n) is 3.02. The van der Waals surface area contributed by atoms with E-state index in [9.17, 15) is 0 Å². The number of nitrogens with zero attached hydrogens (tertiary/aromatic N) is 1. The number of hydrogen-bond donors (Lipinski definition) is 3. The van der Waals surface area contributed by atoms with Gasteiger partial charge in [-0.15, -0.1) is 0 Å². The van der Waals surface area contributed by atoms with E-state index in [1.807, 2.05) is 0 Å². The predicted octanol–water partition coefficient (Wildman–Crippen LogP) is 3.48. The van der Waals surface area contributed by atoms with Crippen LogP contribution in [0.25, 0.3) is 0 Å². The summed E-state index contributed by atoms with van der Waals surface area (Å²) in [5.74, 6) is 0.328. The lowest BCUT2D eigenvalue weighted by Gasteiger charge is -2.41. The van der Waals surface area contributed by atoms with Gasteiger partial charge in [-0.25, -0.2) is 0 Å². The van der Waals surface area contributed by atoms with Crippen molar-refractivity contribution in [2.45, 2.75) is 35.8 Å². The van der Waals surface area contributed by atoms with Crippen molar-refractivity contribution in [2.24, 2.45) is 0 Å². The van der Waals surface area contributed by atoms with E-state index >= 15 is 0 Å². The van der Waals surface area contributed by atoms with Gasteiger partial charge in [0.05, 0.1) is 4.08 Å². The molecule has 0 aliphatic carbocycles. The predicted molar refractivity (Wildman–Crippen MR) is 90.8 cm³/mol. The lowest BCUT2D eigenvalue weighted by atomic mass is 9.90. The highest BCUT2D eigenvalue weighted by molar-refractivity contribution is 8.00. The van der Waals surface area contributed by atoms with Gasteiger partial charge in [0, 0.05) is 24.2 Å². The van der Waals surface area contributed by atoms with E-state index in [1.54, 1.807) is 0 Å². The van der Waals surface area contributed by atoms with Crippen molar-refractivity contribution in [1.82, 2.24) is 4.90 Å². The SMILES string of the molecule is CCCC(N(C)C)C(S)(S)C1CNc2ccccc21. The fraction of sp³-hybridized carbons (Fsp3) is 0.600. The summed E-state index contributed by atoms with van der Waals surface area (Å²) in [5, 5.41) is 3.48. The summed E-state index contributed by atoms with van der Waals surface area (Å²) in [6, 6.07) is 8.85. The van der Waals surface area contributed by atoms with E-state index < -0.39 is 0 Å². The Labute approximate surface area is 127 Å². The van der Waals surface area contributed by atoms with Crippen LogP contribution in [0.15, 0.2) is 24.3 Å². The van der Waals surface area contributed by atoms with Crippen LogP contribution in [0.3, 0.4) is 0 Å². The third kappa shape index (κ3) is 2.91. The molecule has 4 heteroatoms. The average Bonchev–Trinajstić information content (AvgIpc) is 2.79. The largest absolute Gasteiger partial charge is 0.384 e. The molecule has 2 unspecified atom stereocenters. The monoisotopic (exact) mass is 296 g/mol. The first-order valence-corrected chi connectivity index (χ1v) is 7.81. The highest BCUT2D eigenvalue weighted by Crippen LogP contribution is 2.47. The number of nitrogens with one attached hydrogen (secondary N) is 1. The van der Waals surface area contributed by atoms with E-state index in [0.717, 1.165) is 19.4 Å². The first kappa shape index (κ1) is 15.1. The Balaban J connectivity index is 2.29. The van der Waals surface area contributed by atoms with Gasteiger partial charge in [-0.05, 0) is 32.1 Å². The normalized spacial score (nSPS) is 20.2. The lowest BCUT2D eigenvalue weighted by Crippen LogP contribution is -2.47. The average molecular weight is 297 g/mol. The molecule has 1 aliphatic heterocycles. The Morgan fingerprint density at radius 2 is 2.05 bits per heavy atom. The maximum absolute atomic E-state index is 4.96. The molecule has 0 radical (unpaired) electrons. The molecule has 0 saturated heterocycles. The van der Waals surface area contributed by atoms with Gasteiger partial charge in [0.1, 0.15) is 0 Å². The van der Waals surface area contributed by atoms with Gasteiger partial charge < -0.3 is 10.2 Å². The van der Waals surface area contributed by atoms with Crippen LogP contribution >= 0.6 is 25.3 Å². The van der Waals surface area contributed by atoms with E-state index in [4.69, 9.17) is 25.3 Å². The standard InChI is InChI=1S/C15H24N2S2/c1-4-7-14(17(2)3)15(18,19)12-10-16-13-9-6-5-8-11(12)13/h5-6,8-9,12,14,16,18-19H,4,7,10H2,1-3H3. The number of para-hydroxylation sites is 1. The van der Waals surface area contributed by atoms with Crippen molar-refractivity contribution in [1.29, 1.82) is 0 Å². The highest BCUT2D eigenvalue weighted by Gasteiger charge is 2.43. The minimum atomic E-state index is -0.334. The minimum Gasteiger partial charge on any atom is -0.384 e. The molecule has 0 bridgehead atoms. The van der Waals surface area contributed by atoms with Gasteiger partial charge in [-0.2, -0.15) is 25.3 Å². The number of rotatable bonds is 5. The molecule has 2 nitrogen and oxygen atoms in total. The van der Waals surface area contributed by atoms with Gasteiger partial charge >= 0.3 is 0 Å². The third-order valence-electron chi connectivity index (χ3n) is 4.02. The molecule has 2 atom stereocenters. The molecule has 1 aromatic rings. The van der Waals surface area contributed by atoms with Crippen molar-refractivity contribution in [3.8, 4) is 0 Å². The fourth-order valence-corrected chi connectivity index (χ4v) is 4.20. The van der Waals surface area contributed by atoms with Crippen molar-refractivity contribution >= 4 is 30.9 Å². The summed E-state index contributed by atoms with van der Waals surface area (Å²) >= 11 is 9.91. The maximum atomic E-state index is 4.96. The van der Waals surface area contributed by atoms with Gasteiger partial charge in [-0.3, -0.25) is 0 Å². The molecule has 1 N–H and O–H groups in total. The molecule has 1 aromatic carbocycles. The third-order valence-corrected chi connectivity index (χ3v) is 5.24. The summed E-state index contributed by atoms with van der Waals surface area (Å²) in [5.41, 5.74) is 2.57. The zero-order valence-corrected chi connectivity index (χ0v) is 13.7. The van der Waals surface area contributed by atoms with Crippen molar-refractivity contribution < 1.29 is 0 Å². The second-order valence-corrected chi connectivity index (χ2v) is 7.40. The van der Waals surface area contributed by atoms with Crippen LogP contribution in [0.1, 0.15) is 31.2 Å². The first-order chi connectivity index (χ1) is 8.98. The quantitative estimate of drug-likeness (QED) is 0.569. The second kappa shape index (κ2) is 5.98. The van der Waals surface area contributed by atoms with Crippen LogP contribution in [0.5, 0.6) is 0 Å². The zero-order chi connectivity index (χ0) is 14.0. The number of anilines is 1. The van der Waals surface area contributed by atoms with Crippen LogP contribution in [-0.4, -0.2) is 35.7 Å². The number of benzene rings is 1. The second-order valence-electron chi connectivity index (χ2n) is 5.57. The Hall–Kier alpha value is -0.320. The molecular formula is C15H24N2S2. The summed E-state index contributed by atoms with van der Waals surface area (Å²) in [4.78, 5) is 2.25. The number of fused-ring (bicyclic) bond motifs is 1. The van der Waals surface area contributed by atoms with Crippen LogP contribution in [0, 0.1) is 0 Å². The Morgan fingerprint density at radius 3 is 2.68 bits per heavy atom. The summed E-state index contributed by atoms with van der Waals surface area (Å²) in [6.07, 6.45) is 2.26. The van der Waals surface area contributed by atoms with Gasteiger partial charge in [0.25, 0.3) is 0 Å². The molecule has 2 rings (SSSR count). The van der Waals surface area contributed by atoms with Crippen molar-refractivity contribution in [3.63, 3.8) is 0 Å². The zero-order valence-electron chi connectivity index (χ0n) is 11.9. The number of hydrogen-bond acceptors (Lipinski definition) is 4. The summed E-state index contributed by atoms with van der Waals surface area (Å²) in [7, 11) is 4.24. The van der Waals surface area contributed by atoms with Crippen molar-refractivity contribution in [3.05, 3.63) is 29.8 Å². The molecule has 0 amide bonds. The van der Waals surface area contributed by atoms with Crippen LogP contribution in [0.2, 0.25) is 0 Å². The highest BCUT2D eigenvalue weighted by atomic mass is 32.2. The Bertz CT molecular complexity index is 432. The molecule has 0 fully saturated rings. The van der Waals surface area contributed by atoms with E-state index in [2.05, 4.69) is 55.5 Å². The van der Waals surface area contributed by atoms with E-state index in [1.165, 1.54) is 11.3 Å². The molecule has 1 aliphatic rings. The van der Waals surface area contributed by atoms with Gasteiger partial charge in [-0.1, -0.05) is 31.5 Å². The molecule has 106 valence electrons.